The molecule has 1 unspecified atom stereocenters. The molecule has 2 aliphatic rings. The Balaban J connectivity index is 2.38. The van der Waals surface area contributed by atoms with E-state index in [1.165, 1.54) is 6.08 Å². The smallest absolute Gasteiger partial charge is 0.192 e. The van der Waals surface area contributed by atoms with Gasteiger partial charge in [0.25, 0.3) is 0 Å². The predicted molar refractivity (Wildman–Crippen MR) is 129 cm³/mol. The van der Waals surface area contributed by atoms with E-state index in [0.717, 1.165) is 0 Å². The number of aliphatic imine (C=N–C) groups is 1. The molecule has 0 radical (unpaired) electrons. The topological polar surface area (TPSA) is 52.5 Å². The fraction of sp³-hybridized carbons (Fsp3) is 0.864. The van der Waals surface area contributed by atoms with E-state index >= 15 is 0 Å². The van der Waals surface area contributed by atoms with Gasteiger partial charge in [0.15, 0.2) is 29.7 Å². The lowest BCUT2D eigenvalue weighted by Crippen LogP contribution is -2.53. The lowest BCUT2D eigenvalue weighted by Gasteiger charge is -2.42. The van der Waals surface area contributed by atoms with Gasteiger partial charge in [-0.05, 0) is 42.3 Å². The van der Waals surface area contributed by atoms with Crippen molar-refractivity contribution in [2.45, 2.75) is 102 Å². The summed E-state index contributed by atoms with van der Waals surface area (Å²) in [7, 11) is -4.38. The highest BCUT2D eigenvalue weighted by molar-refractivity contribution is 6.74. The quantitative estimate of drug-likeness (QED) is 0.445. The van der Waals surface area contributed by atoms with E-state index in [4.69, 9.17) is 21.1 Å². The first kappa shape index (κ1) is 23.6. The zero-order chi connectivity index (χ0) is 25.4. The van der Waals surface area contributed by atoms with Gasteiger partial charge in [-0.25, -0.2) is 4.39 Å². The number of nitrogens with zero attached hydrogens (tertiary/aromatic N) is 2. The second-order valence-corrected chi connectivity index (χ2v) is 20.9. The summed E-state index contributed by atoms with van der Waals surface area (Å²) in [5.41, 5.74) is 0. The maximum atomic E-state index is 13.6. The van der Waals surface area contributed by atoms with Gasteiger partial charge < -0.3 is 23.2 Å². The SMILES string of the molecule is [2H]C1=NC([2H])N([C@@H]2O[C@H](CO[Si](C)(C)C(C)(C)C)[C@@H](OCF)[C@H]2O[Si](C)(C)C(C)(C)C)C=C1. The zero-order valence-electron chi connectivity index (χ0n) is 22.9. The second kappa shape index (κ2) is 9.73. The molecule has 2 rings (SSSR count). The number of hydrogen-bond acceptors (Lipinski definition) is 6. The molecule has 0 aromatic carbocycles. The summed E-state index contributed by atoms with van der Waals surface area (Å²) in [6.07, 6.45) is 0.581. The van der Waals surface area contributed by atoms with E-state index < -0.39 is 54.7 Å². The summed E-state index contributed by atoms with van der Waals surface area (Å²) < 4.78 is 54.8. The Morgan fingerprint density at radius 2 is 1.74 bits per heavy atom. The Kier molecular flexibility index (Phi) is 7.39. The number of alkyl halides is 1. The van der Waals surface area contributed by atoms with E-state index in [0.29, 0.717) is 0 Å². The highest BCUT2D eigenvalue weighted by atomic mass is 28.4. The van der Waals surface area contributed by atoms with Crippen molar-refractivity contribution >= 4 is 22.8 Å². The van der Waals surface area contributed by atoms with Gasteiger partial charge in [0.2, 0.25) is 0 Å². The molecule has 0 amide bonds. The summed E-state index contributed by atoms with van der Waals surface area (Å²) >= 11 is 0. The maximum absolute atomic E-state index is 13.6. The number of rotatable bonds is 8. The molecular weight excluding hydrogens is 431 g/mol. The zero-order valence-corrected chi connectivity index (χ0v) is 22.9. The van der Waals surface area contributed by atoms with Crippen LogP contribution in [0.3, 0.4) is 0 Å². The van der Waals surface area contributed by atoms with Gasteiger partial charge in [0, 0.05) is 12.4 Å². The monoisotopic (exact) mass is 476 g/mol. The molecule has 180 valence electrons. The molecule has 2 heterocycles. The van der Waals surface area contributed by atoms with Crippen LogP contribution in [0.4, 0.5) is 4.39 Å². The van der Waals surface area contributed by atoms with Gasteiger partial charge in [0.05, 0.1) is 9.35 Å². The Labute approximate surface area is 193 Å². The van der Waals surface area contributed by atoms with Crippen LogP contribution in [0, 0.1) is 0 Å². The van der Waals surface area contributed by atoms with Gasteiger partial charge in [-0.15, -0.1) is 0 Å². The lowest BCUT2D eigenvalue weighted by atomic mass is 10.1. The largest absolute Gasteiger partial charge is 0.414 e. The summed E-state index contributed by atoms with van der Waals surface area (Å²) in [5.74, 6) is 0. The second-order valence-electron chi connectivity index (χ2n) is 11.4. The highest BCUT2D eigenvalue weighted by Crippen LogP contribution is 2.42. The number of allylic oxidation sites excluding steroid dienone is 1. The molecular formula is C22H43FN2O4Si2. The van der Waals surface area contributed by atoms with Crippen molar-refractivity contribution in [2.75, 3.05) is 20.1 Å². The van der Waals surface area contributed by atoms with Crippen molar-refractivity contribution in [3.05, 3.63) is 12.3 Å². The molecule has 0 aliphatic carbocycles. The van der Waals surface area contributed by atoms with Crippen LogP contribution in [0.5, 0.6) is 0 Å². The molecule has 2 aliphatic heterocycles. The van der Waals surface area contributed by atoms with Crippen LogP contribution < -0.4 is 0 Å². The molecule has 1 fully saturated rings. The molecule has 0 bridgehead atoms. The van der Waals surface area contributed by atoms with Crippen molar-refractivity contribution < 1.29 is 25.5 Å². The molecule has 5 atom stereocenters. The first-order chi connectivity index (χ1) is 14.9. The molecule has 6 nitrogen and oxygen atoms in total. The summed E-state index contributed by atoms with van der Waals surface area (Å²) in [6.45, 7) is 19.7. The molecule has 0 spiro atoms. The predicted octanol–water partition coefficient (Wildman–Crippen LogP) is 5.29. The third kappa shape index (κ3) is 6.26. The van der Waals surface area contributed by atoms with Crippen LogP contribution in [0.25, 0.3) is 0 Å². The van der Waals surface area contributed by atoms with Gasteiger partial charge in [0.1, 0.15) is 25.0 Å². The minimum atomic E-state index is -2.30. The highest BCUT2D eigenvalue weighted by Gasteiger charge is 2.53. The van der Waals surface area contributed by atoms with Gasteiger partial charge in [-0.2, -0.15) is 0 Å². The lowest BCUT2D eigenvalue weighted by molar-refractivity contribution is -0.0836. The van der Waals surface area contributed by atoms with Crippen molar-refractivity contribution in [3.8, 4) is 0 Å². The maximum Gasteiger partial charge on any atom is 0.192 e. The van der Waals surface area contributed by atoms with E-state index in [9.17, 15) is 4.39 Å². The van der Waals surface area contributed by atoms with Crippen LogP contribution in [0.1, 0.15) is 44.3 Å². The Hall–Kier alpha value is -0.586. The standard InChI is InChI=1S/C22H43FN2O4Si2/c1-21(2,3)30(7,8)27-14-17-18(26-15-23)19(29-31(9,10)22(4,5)6)20(28-17)25-13-11-12-24-16-25/h11-13,17-20H,14-16H2,1-10H3/t17-,18-,19-,20-/m1/s1/i12D,16D/t16?,17-,18-,19-,20-. The molecule has 1 saturated heterocycles. The van der Waals surface area contributed by atoms with Crippen LogP contribution in [0.15, 0.2) is 17.3 Å². The Bertz CT molecular complexity index is 741. The average molecular weight is 477 g/mol. The molecule has 0 saturated carbocycles. The van der Waals surface area contributed by atoms with Crippen molar-refractivity contribution in [1.29, 1.82) is 0 Å². The Morgan fingerprint density at radius 3 is 2.26 bits per heavy atom. The summed E-state index contributed by atoms with van der Waals surface area (Å²) in [5, 5.41) is -0.0717. The van der Waals surface area contributed by atoms with Crippen molar-refractivity contribution in [1.82, 2.24) is 4.90 Å². The normalized spacial score (nSPS) is 31.5. The minimum absolute atomic E-state index is 0.0135. The fourth-order valence-corrected chi connectivity index (χ4v) is 5.26. The minimum Gasteiger partial charge on any atom is -0.414 e. The third-order valence-corrected chi connectivity index (χ3v) is 16.0. The van der Waals surface area contributed by atoms with Crippen molar-refractivity contribution in [3.63, 3.8) is 0 Å². The van der Waals surface area contributed by atoms with Gasteiger partial charge in [-0.3, -0.25) is 4.99 Å². The number of ether oxygens (including phenoxy) is 2. The van der Waals surface area contributed by atoms with Gasteiger partial charge in [-0.1, -0.05) is 41.5 Å². The summed E-state index contributed by atoms with van der Waals surface area (Å²) in [4.78, 5) is 5.64. The van der Waals surface area contributed by atoms with Crippen LogP contribution in [0.2, 0.25) is 36.3 Å². The first-order valence-corrected chi connectivity index (χ1v) is 16.8. The van der Waals surface area contributed by atoms with Crippen LogP contribution in [-0.4, -0.2) is 72.4 Å². The summed E-state index contributed by atoms with van der Waals surface area (Å²) in [6, 6.07) is 0. The number of hydrogen-bond donors (Lipinski definition) is 0. The first-order valence-electron chi connectivity index (χ1n) is 12.1. The van der Waals surface area contributed by atoms with E-state index in [1.54, 1.807) is 11.1 Å². The van der Waals surface area contributed by atoms with E-state index in [2.05, 4.69) is 72.7 Å². The molecule has 0 aromatic heterocycles. The van der Waals surface area contributed by atoms with Crippen LogP contribution in [-0.2, 0) is 18.3 Å². The third-order valence-electron chi connectivity index (χ3n) is 7.07. The molecule has 0 aromatic rings. The number of halogens is 1. The molecule has 31 heavy (non-hydrogen) atoms. The molecule has 9 heteroatoms. The fourth-order valence-electron chi connectivity index (χ4n) is 2.96. The molecule has 0 N–H and O–H groups in total. The van der Waals surface area contributed by atoms with Gasteiger partial charge >= 0.3 is 0 Å². The van der Waals surface area contributed by atoms with E-state index in [1.807, 2.05) is 0 Å². The van der Waals surface area contributed by atoms with E-state index in [-0.39, 0.29) is 22.9 Å². The van der Waals surface area contributed by atoms with Crippen LogP contribution >= 0.6 is 0 Å². The Morgan fingerprint density at radius 1 is 1.13 bits per heavy atom. The van der Waals surface area contributed by atoms with Crippen molar-refractivity contribution in [2.24, 2.45) is 4.99 Å². The average Bonchev–Trinajstić information content (AvgIpc) is 2.95.